The second-order valence-corrected chi connectivity index (χ2v) is 10.9. The number of nitrogens with one attached hydrogen (secondary N) is 1. The van der Waals surface area contributed by atoms with Crippen LogP contribution in [0.4, 0.5) is 0 Å². The third kappa shape index (κ3) is 4.97. The molecule has 0 aromatic heterocycles. The Morgan fingerprint density at radius 1 is 1.19 bits per heavy atom. The molecule has 3 rings (SSSR count). The monoisotopic (exact) mass is 501 g/mol. The summed E-state index contributed by atoms with van der Waals surface area (Å²) in [4.78, 5) is 65.0. The van der Waals surface area contributed by atoms with Crippen LogP contribution in [-0.2, 0) is 24.0 Å². The molecule has 3 fully saturated rings. The van der Waals surface area contributed by atoms with Crippen LogP contribution in [0.5, 0.6) is 0 Å². The molecule has 36 heavy (non-hydrogen) atoms. The highest BCUT2D eigenvalue weighted by molar-refractivity contribution is 6.17. The minimum Gasteiger partial charge on any atom is -0.481 e. The molecular weight excluding hydrogens is 462 g/mol. The van der Waals surface area contributed by atoms with Crippen LogP contribution in [0, 0.1) is 47.3 Å². The minimum absolute atomic E-state index is 0.0420. The van der Waals surface area contributed by atoms with E-state index in [9.17, 15) is 34.2 Å². The molecule has 198 valence electrons. The summed E-state index contributed by atoms with van der Waals surface area (Å²) in [5.41, 5.74) is -2.05. The number of aliphatic carboxylic acids is 1. The van der Waals surface area contributed by atoms with E-state index in [1.54, 1.807) is 13.0 Å². The van der Waals surface area contributed by atoms with Crippen LogP contribution < -0.4 is 5.32 Å². The number of hydrogen-bond donors (Lipinski definition) is 3. The predicted octanol–water partition coefficient (Wildman–Crippen LogP) is 3.09. The van der Waals surface area contributed by atoms with Crippen LogP contribution in [0.25, 0.3) is 0 Å². The molecule has 3 N–H and O–H groups in total. The van der Waals surface area contributed by atoms with Crippen molar-refractivity contribution in [3.63, 3.8) is 0 Å². The second kappa shape index (κ2) is 11.2. The van der Waals surface area contributed by atoms with Crippen LogP contribution >= 0.6 is 0 Å². The molecule has 3 aliphatic rings. The normalized spacial score (nSPS) is 36.9. The molecule has 1 heterocycles. The van der Waals surface area contributed by atoms with E-state index < -0.39 is 70.5 Å². The Labute approximate surface area is 212 Å². The third-order valence-corrected chi connectivity index (χ3v) is 8.72. The number of ketones is 2. The van der Waals surface area contributed by atoms with E-state index in [1.807, 2.05) is 6.92 Å². The van der Waals surface area contributed by atoms with Gasteiger partial charge in [-0.3, -0.25) is 29.3 Å². The summed E-state index contributed by atoms with van der Waals surface area (Å²) < 4.78 is 0. The average molecular weight is 502 g/mol. The van der Waals surface area contributed by atoms with Crippen molar-refractivity contribution in [1.29, 1.82) is 0 Å². The number of fused-ring (bicyclic) bond motifs is 1. The predicted molar refractivity (Wildman–Crippen MR) is 132 cm³/mol. The number of carbonyl (C=O) groups is 5. The molecule has 2 aliphatic carbocycles. The summed E-state index contributed by atoms with van der Waals surface area (Å²) in [5, 5.41) is 23.7. The molecule has 0 radical (unpaired) electrons. The minimum atomic E-state index is -2.05. The summed E-state index contributed by atoms with van der Waals surface area (Å²) in [6.45, 7) is 9.38. The number of imide groups is 1. The van der Waals surface area contributed by atoms with Gasteiger partial charge in [0.15, 0.2) is 11.6 Å². The smallest absolute Gasteiger partial charge is 0.306 e. The maximum atomic E-state index is 14.2. The Hall–Kier alpha value is -2.61. The maximum absolute atomic E-state index is 14.2. The fourth-order valence-electron chi connectivity index (χ4n) is 7.14. The van der Waals surface area contributed by atoms with Gasteiger partial charge in [0.1, 0.15) is 11.5 Å². The zero-order valence-corrected chi connectivity index (χ0v) is 21.4. The lowest BCUT2D eigenvalue weighted by Crippen LogP contribution is -2.51. The van der Waals surface area contributed by atoms with Crippen molar-refractivity contribution >= 4 is 29.4 Å². The number of carboxylic acids is 1. The number of aliphatic hydroxyl groups is 1. The van der Waals surface area contributed by atoms with E-state index in [1.165, 1.54) is 12.2 Å². The molecule has 2 saturated carbocycles. The van der Waals surface area contributed by atoms with Crippen LogP contribution in [-0.4, -0.2) is 45.2 Å². The van der Waals surface area contributed by atoms with Crippen molar-refractivity contribution in [2.75, 3.05) is 0 Å². The first-order valence-electron chi connectivity index (χ1n) is 13.1. The molecule has 0 aromatic rings. The van der Waals surface area contributed by atoms with Crippen molar-refractivity contribution in [3.8, 4) is 0 Å². The van der Waals surface area contributed by atoms with Crippen LogP contribution in [0.2, 0.25) is 0 Å². The lowest BCUT2D eigenvalue weighted by atomic mass is 9.63. The quantitative estimate of drug-likeness (QED) is 0.130. The molecule has 1 saturated heterocycles. The number of hydrogen-bond acceptors (Lipinski definition) is 6. The number of Topliss-reactive ketones (excluding diaryl/α,β-unsaturated/α-hetero) is 1. The molecule has 2 amide bonds. The molecule has 1 aliphatic heterocycles. The fraction of sp³-hybridized carbons (Fsp3) is 0.679. The second-order valence-electron chi connectivity index (χ2n) is 10.9. The van der Waals surface area contributed by atoms with Gasteiger partial charge in [0, 0.05) is 0 Å². The Morgan fingerprint density at radius 3 is 2.47 bits per heavy atom. The molecule has 0 bridgehead atoms. The van der Waals surface area contributed by atoms with Crippen LogP contribution in [0.15, 0.2) is 24.8 Å². The number of carbonyl (C=O) groups excluding carboxylic acids is 4. The van der Waals surface area contributed by atoms with Gasteiger partial charge in [0.2, 0.25) is 11.8 Å². The fourth-order valence-corrected chi connectivity index (χ4v) is 7.14. The number of unbranched alkanes of at least 4 members (excludes halogenated alkanes) is 2. The highest BCUT2D eigenvalue weighted by Crippen LogP contribution is 2.56. The Kier molecular flexibility index (Phi) is 8.70. The zero-order chi connectivity index (χ0) is 26.8. The van der Waals surface area contributed by atoms with Crippen molar-refractivity contribution in [3.05, 3.63) is 24.8 Å². The van der Waals surface area contributed by atoms with Gasteiger partial charge >= 0.3 is 5.97 Å². The van der Waals surface area contributed by atoms with Crippen molar-refractivity contribution in [1.82, 2.24) is 5.32 Å². The van der Waals surface area contributed by atoms with Gasteiger partial charge in [-0.05, 0) is 62.4 Å². The van der Waals surface area contributed by atoms with Gasteiger partial charge in [-0.25, -0.2) is 0 Å². The number of carboxylic acid groups (broad SMARTS) is 1. The zero-order valence-electron chi connectivity index (χ0n) is 21.4. The Balaban J connectivity index is 2.03. The maximum Gasteiger partial charge on any atom is 0.306 e. The van der Waals surface area contributed by atoms with Gasteiger partial charge < -0.3 is 10.2 Å². The largest absolute Gasteiger partial charge is 0.481 e. The van der Waals surface area contributed by atoms with Gasteiger partial charge in [-0.15, -0.1) is 6.58 Å². The summed E-state index contributed by atoms with van der Waals surface area (Å²) >= 11 is 0. The van der Waals surface area contributed by atoms with Crippen LogP contribution in [0.1, 0.15) is 65.7 Å². The molecule has 0 spiro atoms. The summed E-state index contributed by atoms with van der Waals surface area (Å²) in [6.07, 6.45) is 8.20. The molecule has 8 nitrogen and oxygen atoms in total. The van der Waals surface area contributed by atoms with Gasteiger partial charge in [0.25, 0.3) is 0 Å². The summed E-state index contributed by atoms with van der Waals surface area (Å²) in [5.74, 6) is -8.93. The summed E-state index contributed by atoms with van der Waals surface area (Å²) in [6, 6.07) is 0. The molecule has 0 unspecified atom stereocenters. The first kappa shape index (κ1) is 28.0. The van der Waals surface area contributed by atoms with Crippen molar-refractivity contribution < 1.29 is 34.2 Å². The third-order valence-electron chi connectivity index (χ3n) is 8.72. The molecule has 8 heteroatoms. The SMILES string of the molecule is C=C[C@H](CCCCC)[C@@H]1C(=O)NC(=O)[C@@H]1C(=O)[C@H]1[C@H]2[C@@H](C[C@H](C(=O)O)C[C@@H]2C)C[C@]1(O)C(=O)/C=C/C. The average Bonchev–Trinajstić information content (AvgIpc) is 3.29. The molecule has 9 atom stereocenters. The lowest BCUT2D eigenvalue weighted by Gasteiger charge is -2.39. The standard InChI is InChI=1S/C28H39NO7/c1-5-8-9-11-16(7-3)21-22(26(33)29-25(21)32)24(31)23-20-15(4)12-17(27(34)35)13-18(20)14-28(23,36)19(30)10-6-2/h6-7,10,15-18,20-23,36H,3,5,8-9,11-14H2,1-2,4H3,(H,34,35)(H,29,32,33)/b10-6+/t15-,16+,17+,18-,20+,21-,22-,23+,28-/m0/s1. The summed E-state index contributed by atoms with van der Waals surface area (Å²) in [7, 11) is 0. The van der Waals surface area contributed by atoms with E-state index in [4.69, 9.17) is 0 Å². The highest BCUT2D eigenvalue weighted by Gasteiger charge is 2.64. The topological polar surface area (TPSA) is 138 Å². The van der Waals surface area contributed by atoms with Gasteiger partial charge in [-0.1, -0.05) is 45.3 Å². The van der Waals surface area contributed by atoms with Gasteiger partial charge in [-0.2, -0.15) is 0 Å². The van der Waals surface area contributed by atoms with E-state index >= 15 is 0 Å². The molecule has 0 aromatic carbocycles. The van der Waals surface area contributed by atoms with E-state index in [0.717, 1.165) is 19.3 Å². The Bertz CT molecular complexity index is 956. The highest BCUT2D eigenvalue weighted by atomic mass is 16.4. The van der Waals surface area contributed by atoms with Crippen molar-refractivity contribution in [2.45, 2.75) is 71.3 Å². The first-order chi connectivity index (χ1) is 17.0. The number of rotatable bonds is 11. The Morgan fingerprint density at radius 2 is 1.89 bits per heavy atom. The van der Waals surface area contributed by atoms with E-state index in [-0.39, 0.29) is 24.7 Å². The lowest BCUT2D eigenvalue weighted by molar-refractivity contribution is -0.152. The van der Waals surface area contributed by atoms with Crippen LogP contribution in [0.3, 0.4) is 0 Å². The van der Waals surface area contributed by atoms with E-state index in [0.29, 0.717) is 12.8 Å². The van der Waals surface area contributed by atoms with Gasteiger partial charge in [0.05, 0.1) is 17.8 Å². The van der Waals surface area contributed by atoms with E-state index in [2.05, 4.69) is 18.8 Å². The van der Waals surface area contributed by atoms with Crippen molar-refractivity contribution in [2.24, 2.45) is 47.3 Å². The first-order valence-corrected chi connectivity index (χ1v) is 13.1. The number of allylic oxidation sites excluding steroid dienone is 2. The number of amides is 2. The molecular formula is C28H39NO7.